The quantitative estimate of drug-likeness (QED) is 0.533. The summed E-state index contributed by atoms with van der Waals surface area (Å²) in [6.07, 6.45) is 1.54. The van der Waals surface area contributed by atoms with E-state index in [0.29, 0.717) is 5.16 Å². The van der Waals surface area contributed by atoms with Crippen molar-refractivity contribution in [3.8, 4) is 6.07 Å². The molecule has 0 aliphatic carbocycles. The number of nitriles is 1. The van der Waals surface area contributed by atoms with Gasteiger partial charge in [0.1, 0.15) is 11.6 Å². The van der Waals surface area contributed by atoms with Gasteiger partial charge in [0.25, 0.3) is 0 Å². The van der Waals surface area contributed by atoms with Crippen molar-refractivity contribution >= 4 is 23.0 Å². The highest BCUT2D eigenvalue weighted by atomic mass is 32.2. The number of nitrogens with zero attached hydrogens (tertiary/aromatic N) is 6. The first-order valence-corrected chi connectivity index (χ1v) is 8.16. The molecule has 0 bridgehead atoms. The maximum Gasteiger partial charge on any atom is 0.216 e. The SMILES string of the molecule is Cc1cc(C)nc(Sc2cccc(NC=C(C#N)c3nn[nH]n3)c2)n1. The summed E-state index contributed by atoms with van der Waals surface area (Å²) in [7, 11) is 0. The average Bonchev–Trinajstić information content (AvgIpc) is 3.09. The fraction of sp³-hybridized carbons (Fsp3) is 0.125. The normalized spacial score (nSPS) is 11.2. The molecule has 3 rings (SSSR count). The lowest BCUT2D eigenvalue weighted by molar-refractivity contribution is 0.881. The van der Waals surface area contributed by atoms with Crippen molar-refractivity contribution in [2.75, 3.05) is 5.32 Å². The highest BCUT2D eigenvalue weighted by molar-refractivity contribution is 7.99. The van der Waals surface area contributed by atoms with Gasteiger partial charge in [-0.15, -0.1) is 10.2 Å². The number of hydrogen-bond acceptors (Lipinski definition) is 8. The van der Waals surface area contributed by atoms with E-state index >= 15 is 0 Å². The fourth-order valence-electron chi connectivity index (χ4n) is 2.07. The molecule has 0 fully saturated rings. The molecule has 0 saturated carbocycles. The van der Waals surface area contributed by atoms with Crippen molar-refractivity contribution in [1.29, 1.82) is 5.26 Å². The van der Waals surface area contributed by atoms with E-state index in [2.05, 4.69) is 35.9 Å². The Morgan fingerprint density at radius 2 is 2.04 bits per heavy atom. The molecule has 124 valence electrons. The van der Waals surface area contributed by atoms with Crippen LogP contribution in [0.15, 0.2) is 46.6 Å². The van der Waals surface area contributed by atoms with Crippen molar-refractivity contribution in [3.63, 3.8) is 0 Å². The Labute approximate surface area is 148 Å². The van der Waals surface area contributed by atoms with Gasteiger partial charge in [-0.2, -0.15) is 10.5 Å². The molecule has 0 aliphatic heterocycles. The second-order valence-corrected chi connectivity index (χ2v) is 6.15. The maximum absolute atomic E-state index is 9.18. The van der Waals surface area contributed by atoms with Crippen LogP contribution in [0.1, 0.15) is 17.2 Å². The van der Waals surface area contributed by atoms with Gasteiger partial charge in [-0.1, -0.05) is 6.07 Å². The topological polar surface area (TPSA) is 116 Å². The predicted molar refractivity (Wildman–Crippen MR) is 93.5 cm³/mol. The monoisotopic (exact) mass is 350 g/mol. The number of benzene rings is 1. The summed E-state index contributed by atoms with van der Waals surface area (Å²) in [4.78, 5) is 9.85. The molecule has 2 aromatic heterocycles. The van der Waals surface area contributed by atoms with E-state index in [4.69, 9.17) is 0 Å². The van der Waals surface area contributed by atoms with Gasteiger partial charge in [-0.05, 0) is 55.1 Å². The maximum atomic E-state index is 9.18. The van der Waals surface area contributed by atoms with Crippen LogP contribution < -0.4 is 5.32 Å². The van der Waals surface area contributed by atoms with E-state index in [1.807, 2.05) is 50.2 Å². The summed E-state index contributed by atoms with van der Waals surface area (Å²) in [6, 6.07) is 11.7. The van der Waals surface area contributed by atoms with Crippen LogP contribution in [0.4, 0.5) is 5.69 Å². The molecule has 9 heteroatoms. The van der Waals surface area contributed by atoms with Crippen molar-refractivity contribution < 1.29 is 0 Å². The Morgan fingerprint density at radius 1 is 1.24 bits per heavy atom. The molecule has 0 spiro atoms. The third kappa shape index (κ3) is 4.39. The highest BCUT2D eigenvalue weighted by Crippen LogP contribution is 2.27. The number of allylic oxidation sites excluding steroid dienone is 1. The minimum Gasteiger partial charge on any atom is -0.360 e. The lowest BCUT2D eigenvalue weighted by Gasteiger charge is -2.06. The standard InChI is InChI=1S/C16H14N8S/c1-10-6-11(2)20-16(19-10)25-14-5-3-4-13(7-14)18-9-12(8-17)15-21-23-24-22-15/h3-7,9,18H,1-2H3,(H,21,22,23,24). The molecule has 8 nitrogen and oxygen atoms in total. The van der Waals surface area contributed by atoms with E-state index in [-0.39, 0.29) is 11.4 Å². The number of anilines is 1. The van der Waals surface area contributed by atoms with Gasteiger partial charge >= 0.3 is 0 Å². The fourth-order valence-corrected chi connectivity index (χ4v) is 2.99. The first-order valence-electron chi connectivity index (χ1n) is 7.35. The number of tetrazole rings is 1. The van der Waals surface area contributed by atoms with Crippen LogP contribution in [0.2, 0.25) is 0 Å². The summed E-state index contributed by atoms with van der Waals surface area (Å²) < 4.78 is 0. The molecule has 2 N–H and O–H groups in total. The number of H-pyrrole nitrogens is 1. The molecular weight excluding hydrogens is 336 g/mol. The number of nitrogens with one attached hydrogen (secondary N) is 2. The highest BCUT2D eigenvalue weighted by Gasteiger charge is 2.06. The number of aromatic amines is 1. The van der Waals surface area contributed by atoms with Crippen molar-refractivity contribution in [2.45, 2.75) is 23.9 Å². The summed E-state index contributed by atoms with van der Waals surface area (Å²) in [5, 5.41) is 26.3. The second kappa shape index (κ2) is 7.55. The zero-order chi connectivity index (χ0) is 17.6. The van der Waals surface area contributed by atoms with Gasteiger partial charge in [-0.3, -0.25) is 0 Å². The summed E-state index contributed by atoms with van der Waals surface area (Å²) in [6.45, 7) is 3.89. The lowest BCUT2D eigenvalue weighted by atomic mass is 10.3. The third-order valence-corrected chi connectivity index (χ3v) is 3.95. The zero-order valence-electron chi connectivity index (χ0n) is 13.6. The van der Waals surface area contributed by atoms with Crippen LogP contribution in [0.5, 0.6) is 0 Å². The van der Waals surface area contributed by atoms with Gasteiger partial charge in [-0.25, -0.2) is 9.97 Å². The van der Waals surface area contributed by atoms with Crippen molar-refractivity contribution in [1.82, 2.24) is 30.6 Å². The molecule has 3 aromatic rings. The van der Waals surface area contributed by atoms with E-state index in [1.165, 1.54) is 11.8 Å². The Morgan fingerprint density at radius 3 is 2.72 bits per heavy atom. The molecule has 0 atom stereocenters. The number of rotatable bonds is 5. The Kier molecular flexibility index (Phi) is 5.01. The van der Waals surface area contributed by atoms with Crippen molar-refractivity contribution in [2.24, 2.45) is 0 Å². The summed E-state index contributed by atoms with van der Waals surface area (Å²) in [5.41, 5.74) is 2.98. The predicted octanol–water partition coefficient (Wildman–Crippen LogP) is 2.73. The summed E-state index contributed by atoms with van der Waals surface area (Å²) >= 11 is 1.48. The van der Waals surface area contributed by atoms with Gasteiger partial charge in [0, 0.05) is 28.2 Å². The van der Waals surface area contributed by atoms with Crippen LogP contribution in [-0.4, -0.2) is 30.6 Å². The molecule has 0 unspecified atom stereocenters. The van der Waals surface area contributed by atoms with Crippen LogP contribution in [-0.2, 0) is 0 Å². The van der Waals surface area contributed by atoms with E-state index in [1.54, 1.807) is 6.20 Å². The molecule has 25 heavy (non-hydrogen) atoms. The number of aryl methyl sites for hydroxylation is 2. The smallest absolute Gasteiger partial charge is 0.216 e. The van der Waals surface area contributed by atoms with Crippen LogP contribution in [0.3, 0.4) is 0 Å². The number of hydrogen-bond donors (Lipinski definition) is 2. The molecular formula is C16H14N8S. The van der Waals surface area contributed by atoms with Crippen molar-refractivity contribution in [3.05, 3.63) is 53.7 Å². The van der Waals surface area contributed by atoms with Gasteiger partial charge in [0.2, 0.25) is 5.82 Å². The summed E-state index contributed by atoms with van der Waals surface area (Å²) in [5.74, 6) is 0.240. The van der Waals surface area contributed by atoms with Gasteiger partial charge in [0.05, 0.1) is 0 Å². The third-order valence-electron chi connectivity index (χ3n) is 3.09. The van der Waals surface area contributed by atoms with E-state index in [0.717, 1.165) is 22.0 Å². The molecule has 1 aromatic carbocycles. The first kappa shape index (κ1) is 16.6. The Balaban J connectivity index is 1.76. The minimum atomic E-state index is 0.240. The van der Waals surface area contributed by atoms with Crippen LogP contribution in [0.25, 0.3) is 5.57 Å². The average molecular weight is 350 g/mol. The minimum absolute atomic E-state index is 0.240. The zero-order valence-corrected chi connectivity index (χ0v) is 14.4. The van der Waals surface area contributed by atoms with E-state index < -0.39 is 0 Å². The Bertz CT molecular complexity index is 923. The molecule has 0 saturated heterocycles. The molecule has 0 aliphatic rings. The largest absolute Gasteiger partial charge is 0.360 e. The molecule has 0 amide bonds. The first-order chi connectivity index (χ1) is 12.1. The Hall–Kier alpha value is -3.25. The van der Waals surface area contributed by atoms with Gasteiger partial charge in [0.15, 0.2) is 5.16 Å². The second-order valence-electron chi connectivity index (χ2n) is 5.11. The molecule has 0 radical (unpaired) electrons. The lowest BCUT2D eigenvalue weighted by Crippen LogP contribution is -1.94. The van der Waals surface area contributed by atoms with E-state index in [9.17, 15) is 5.26 Å². The van der Waals surface area contributed by atoms with Gasteiger partial charge < -0.3 is 5.32 Å². The number of aromatic nitrogens is 6. The van der Waals surface area contributed by atoms with Crippen LogP contribution in [0, 0.1) is 25.2 Å². The van der Waals surface area contributed by atoms with Crippen LogP contribution >= 0.6 is 11.8 Å². The molecule has 2 heterocycles.